The van der Waals surface area contributed by atoms with Gasteiger partial charge in [0, 0.05) is 31.0 Å². The predicted octanol–water partition coefficient (Wildman–Crippen LogP) is 6.48. The molecule has 0 atom stereocenters. The van der Waals surface area contributed by atoms with Gasteiger partial charge < -0.3 is 5.11 Å². The standard InChI is InChI=1S/C17H14OS3/c1-8-4-11(7-19-8)14-12-5-9(2)20-16(12)15(18)17-13(14)6-10(3)21-17/h4-7,18H,1-3H3. The molecule has 0 radical (unpaired) electrons. The van der Waals surface area contributed by atoms with E-state index in [4.69, 9.17) is 0 Å². The quantitative estimate of drug-likeness (QED) is 0.424. The fourth-order valence-corrected chi connectivity index (χ4v) is 5.58. The van der Waals surface area contributed by atoms with Gasteiger partial charge in [0.15, 0.2) is 5.75 Å². The molecule has 3 heterocycles. The molecule has 0 saturated carbocycles. The largest absolute Gasteiger partial charge is 0.505 e. The fourth-order valence-electron chi connectivity index (χ4n) is 2.89. The van der Waals surface area contributed by atoms with Gasteiger partial charge in [-0.25, -0.2) is 0 Å². The van der Waals surface area contributed by atoms with Gasteiger partial charge in [0.05, 0.1) is 9.40 Å². The number of hydrogen-bond donors (Lipinski definition) is 1. The van der Waals surface area contributed by atoms with Crippen LogP contribution in [0.4, 0.5) is 0 Å². The molecular weight excluding hydrogens is 316 g/mol. The summed E-state index contributed by atoms with van der Waals surface area (Å²) < 4.78 is 2.03. The molecule has 4 rings (SSSR count). The Morgan fingerprint density at radius 3 is 1.86 bits per heavy atom. The second-order valence-electron chi connectivity index (χ2n) is 5.37. The first-order chi connectivity index (χ1) is 10.0. The van der Waals surface area contributed by atoms with E-state index in [-0.39, 0.29) is 0 Å². The molecular formula is C17H14OS3. The number of rotatable bonds is 1. The van der Waals surface area contributed by atoms with Crippen LogP contribution in [0.15, 0.2) is 23.6 Å². The molecule has 1 aromatic carbocycles. The topological polar surface area (TPSA) is 20.2 Å². The minimum atomic E-state index is 0.451. The first-order valence-corrected chi connectivity index (χ1v) is 9.26. The third-order valence-corrected chi connectivity index (χ3v) is 6.67. The van der Waals surface area contributed by atoms with Crippen molar-refractivity contribution in [2.24, 2.45) is 0 Å². The zero-order valence-corrected chi connectivity index (χ0v) is 14.4. The van der Waals surface area contributed by atoms with Crippen molar-refractivity contribution >= 4 is 54.2 Å². The monoisotopic (exact) mass is 330 g/mol. The van der Waals surface area contributed by atoms with Crippen molar-refractivity contribution in [1.82, 2.24) is 0 Å². The molecule has 0 aliphatic heterocycles. The van der Waals surface area contributed by atoms with Gasteiger partial charge >= 0.3 is 0 Å². The highest BCUT2D eigenvalue weighted by atomic mass is 32.1. The van der Waals surface area contributed by atoms with Gasteiger partial charge in [-0.2, -0.15) is 0 Å². The zero-order chi connectivity index (χ0) is 14.7. The normalized spacial score (nSPS) is 11.8. The minimum absolute atomic E-state index is 0.451. The van der Waals surface area contributed by atoms with Crippen LogP contribution < -0.4 is 0 Å². The smallest absolute Gasteiger partial charge is 0.151 e. The summed E-state index contributed by atoms with van der Waals surface area (Å²) in [5.41, 5.74) is 2.54. The van der Waals surface area contributed by atoms with Crippen LogP contribution in [0.3, 0.4) is 0 Å². The Balaban J connectivity index is 2.25. The number of phenolic OH excluding ortho intramolecular Hbond substituents is 1. The van der Waals surface area contributed by atoms with Gasteiger partial charge in [-0.3, -0.25) is 0 Å². The lowest BCUT2D eigenvalue weighted by molar-refractivity contribution is 0.489. The van der Waals surface area contributed by atoms with Crippen LogP contribution in [-0.4, -0.2) is 5.11 Å². The van der Waals surface area contributed by atoms with E-state index in [0.717, 1.165) is 9.40 Å². The second kappa shape index (κ2) is 4.57. The summed E-state index contributed by atoms with van der Waals surface area (Å²) in [7, 11) is 0. The number of thiophene rings is 3. The van der Waals surface area contributed by atoms with Crippen LogP contribution in [0, 0.1) is 20.8 Å². The lowest BCUT2D eigenvalue weighted by Crippen LogP contribution is -1.79. The van der Waals surface area contributed by atoms with Crippen molar-refractivity contribution in [3.8, 4) is 16.9 Å². The van der Waals surface area contributed by atoms with Gasteiger partial charge in [0.1, 0.15) is 0 Å². The molecule has 1 nitrogen and oxygen atoms in total. The van der Waals surface area contributed by atoms with Gasteiger partial charge in [-0.05, 0) is 49.9 Å². The maximum Gasteiger partial charge on any atom is 0.151 e. The third kappa shape index (κ3) is 1.94. The Hall–Kier alpha value is -1.36. The van der Waals surface area contributed by atoms with Crippen LogP contribution in [0.2, 0.25) is 0 Å². The molecule has 0 fully saturated rings. The highest BCUT2D eigenvalue weighted by Gasteiger charge is 2.19. The van der Waals surface area contributed by atoms with E-state index in [1.165, 1.54) is 36.5 Å². The molecule has 3 aromatic heterocycles. The van der Waals surface area contributed by atoms with Crippen molar-refractivity contribution in [2.75, 3.05) is 0 Å². The molecule has 21 heavy (non-hydrogen) atoms. The summed E-state index contributed by atoms with van der Waals surface area (Å²) in [5, 5.41) is 15.2. The van der Waals surface area contributed by atoms with Crippen LogP contribution in [0.1, 0.15) is 14.6 Å². The van der Waals surface area contributed by atoms with Crippen molar-refractivity contribution < 1.29 is 5.11 Å². The van der Waals surface area contributed by atoms with E-state index in [0.29, 0.717) is 5.75 Å². The number of benzene rings is 1. The zero-order valence-electron chi connectivity index (χ0n) is 12.0. The van der Waals surface area contributed by atoms with E-state index in [9.17, 15) is 5.11 Å². The molecule has 0 saturated heterocycles. The van der Waals surface area contributed by atoms with Gasteiger partial charge in [-0.15, -0.1) is 34.0 Å². The van der Waals surface area contributed by atoms with E-state index in [1.807, 2.05) is 0 Å². The molecule has 0 unspecified atom stereocenters. The summed E-state index contributed by atoms with van der Waals surface area (Å²) in [4.78, 5) is 3.80. The second-order valence-corrected chi connectivity index (χ2v) is 9.00. The first kappa shape index (κ1) is 13.3. The van der Waals surface area contributed by atoms with E-state index >= 15 is 0 Å². The van der Waals surface area contributed by atoms with Crippen LogP contribution in [-0.2, 0) is 0 Å². The number of phenols is 1. The first-order valence-electron chi connectivity index (χ1n) is 6.75. The van der Waals surface area contributed by atoms with Crippen LogP contribution in [0.5, 0.6) is 5.75 Å². The molecule has 0 aliphatic rings. The molecule has 0 aliphatic carbocycles. The van der Waals surface area contributed by atoms with Crippen molar-refractivity contribution in [3.05, 3.63) is 38.2 Å². The van der Waals surface area contributed by atoms with E-state index < -0.39 is 0 Å². The molecule has 0 spiro atoms. The third-order valence-electron chi connectivity index (χ3n) is 3.70. The van der Waals surface area contributed by atoms with Crippen LogP contribution >= 0.6 is 34.0 Å². The Morgan fingerprint density at radius 1 is 0.810 bits per heavy atom. The van der Waals surface area contributed by atoms with Crippen LogP contribution in [0.25, 0.3) is 31.3 Å². The average molecular weight is 330 g/mol. The summed E-state index contributed by atoms with van der Waals surface area (Å²) >= 11 is 5.14. The van der Waals surface area contributed by atoms with Crippen molar-refractivity contribution in [3.63, 3.8) is 0 Å². The summed E-state index contributed by atoms with van der Waals surface area (Å²) in [5.74, 6) is 0.451. The molecule has 106 valence electrons. The van der Waals surface area contributed by atoms with Gasteiger partial charge in [-0.1, -0.05) is 0 Å². The molecule has 1 N–H and O–H groups in total. The molecule has 0 bridgehead atoms. The Bertz CT molecular complexity index is 927. The fraction of sp³-hybridized carbons (Fsp3) is 0.176. The highest BCUT2D eigenvalue weighted by molar-refractivity contribution is 7.22. The minimum Gasteiger partial charge on any atom is -0.505 e. The number of fused-ring (bicyclic) bond motifs is 2. The molecule has 4 heteroatoms. The Morgan fingerprint density at radius 2 is 1.38 bits per heavy atom. The van der Waals surface area contributed by atoms with Gasteiger partial charge in [0.2, 0.25) is 0 Å². The molecule has 0 amide bonds. The SMILES string of the molecule is Cc1cc(-c2c3cc(C)sc3c(O)c3sc(C)cc23)cs1. The van der Waals surface area contributed by atoms with E-state index in [1.54, 1.807) is 34.0 Å². The number of hydrogen-bond acceptors (Lipinski definition) is 4. The lowest BCUT2D eigenvalue weighted by atomic mass is 9.99. The van der Waals surface area contributed by atoms with E-state index in [2.05, 4.69) is 44.4 Å². The Kier molecular flexibility index (Phi) is 2.89. The number of aromatic hydroxyl groups is 1. The molecule has 4 aromatic rings. The number of aryl methyl sites for hydroxylation is 3. The predicted molar refractivity (Wildman–Crippen MR) is 96.4 cm³/mol. The van der Waals surface area contributed by atoms with Crippen molar-refractivity contribution in [1.29, 1.82) is 0 Å². The highest BCUT2D eigenvalue weighted by Crippen LogP contribution is 2.49. The lowest BCUT2D eigenvalue weighted by Gasteiger charge is -2.06. The maximum absolute atomic E-state index is 10.6. The summed E-state index contributed by atoms with van der Waals surface area (Å²) in [6, 6.07) is 6.65. The summed E-state index contributed by atoms with van der Waals surface area (Å²) in [6.45, 7) is 6.35. The maximum atomic E-state index is 10.6. The van der Waals surface area contributed by atoms with Crippen molar-refractivity contribution in [2.45, 2.75) is 20.8 Å². The summed E-state index contributed by atoms with van der Waals surface area (Å²) in [6.07, 6.45) is 0. The average Bonchev–Trinajstić information content (AvgIpc) is 3.09. The van der Waals surface area contributed by atoms with Gasteiger partial charge in [0.25, 0.3) is 0 Å². The Labute approximate surface area is 135 Å².